The average Bonchev–Trinajstić information content (AvgIpc) is 2.63. The standard InChI is InChI=1S/C12H22ClN3S/c1-4-10-12(13)11(16(5-2)15-10)8-17-9(3)6-7-14/h9H,4-8,14H2,1-3H3. The summed E-state index contributed by atoms with van der Waals surface area (Å²) in [4.78, 5) is 0. The van der Waals surface area contributed by atoms with Crippen LogP contribution < -0.4 is 5.73 Å². The maximum absolute atomic E-state index is 6.35. The SMILES string of the molecule is CCc1nn(CC)c(CSC(C)CCN)c1Cl. The van der Waals surface area contributed by atoms with E-state index in [2.05, 4.69) is 25.9 Å². The highest BCUT2D eigenvalue weighted by atomic mass is 35.5. The van der Waals surface area contributed by atoms with Gasteiger partial charge >= 0.3 is 0 Å². The summed E-state index contributed by atoms with van der Waals surface area (Å²) in [6.07, 6.45) is 1.94. The topological polar surface area (TPSA) is 43.8 Å². The zero-order valence-electron chi connectivity index (χ0n) is 10.9. The maximum Gasteiger partial charge on any atom is 0.0858 e. The monoisotopic (exact) mass is 275 g/mol. The molecule has 0 aliphatic rings. The summed E-state index contributed by atoms with van der Waals surface area (Å²) >= 11 is 8.24. The maximum atomic E-state index is 6.35. The number of aryl methyl sites for hydroxylation is 2. The Kier molecular flexibility index (Phi) is 6.38. The van der Waals surface area contributed by atoms with Gasteiger partial charge < -0.3 is 5.73 Å². The number of aromatic nitrogens is 2. The summed E-state index contributed by atoms with van der Waals surface area (Å²) < 4.78 is 2.02. The van der Waals surface area contributed by atoms with E-state index < -0.39 is 0 Å². The van der Waals surface area contributed by atoms with E-state index in [1.54, 1.807) is 0 Å². The van der Waals surface area contributed by atoms with Gasteiger partial charge in [0.15, 0.2) is 0 Å². The molecule has 0 aliphatic heterocycles. The lowest BCUT2D eigenvalue weighted by atomic mass is 10.3. The molecule has 2 N–H and O–H groups in total. The molecular formula is C12H22ClN3S. The van der Waals surface area contributed by atoms with Crippen LogP contribution in [-0.4, -0.2) is 21.6 Å². The molecule has 0 saturated heterocycles. The highest BCUT2D eigenvalue weighted by molar-refractivity contribution is 7.99. The van der Waals surface area contributed by atoms with Crippen LogP contribution in [0.15, 0.2) is 0 Å². The lowest BCUT2D eigenvalue weighted by molar-refractivity contribution is 0.627. The van der Waals surface area contributed by atoms with Crippen LogP contribution in [0.5, 0.6) is 0 Å². The molecule has 98 valence electrons. The zero-order valence-corrected chi connectivity index (χ0v) is 12.4. The highest BCUT2D eigenvalue weighted by Gasteiger charge is 2.15. The quantitative estimate of drug-likeness (QED) is 0.832. The summed E-state index contributed by atoms with van der Waals surface area (Å²) in [7, 11) is 0. The van der Waals surface area contributed by atoms with Crippen molar-refractivity contribution in [2.24, 2.45) is 5.73 Å². The van der Waals surface area contributed by atoms with Crippen LogP contribution >= 0.6 is 23.4 Å². The van der Waals surface area contributed by atoms with Crippen LogP contribution in [-0.2, 0) is 18.7 Å². The molecule has 1 rings (SSSR count). The molecule has 1 heterocycles. The van der Waals surface area contributed by atoms with E-state index in [1.165, 1.54) is 0 Å². The Bertz CT molecular complexity index is 352. The normalized spacial score (nSPS) is 13.0. The predicted molar refractivity (Wildman–Crippen MR) is 76.7 cm³/mol. The third-order valence-corrected chi connectivity index (χ3v) is 4.45. The van der Waals surface area contributed by atoms with Gasteiger partial charge in [0, 0.05) is 17.5 Å². The van der Waals surface area contributed by atoms with E-state index in [0.29, 0.717) is 5.25 Å². The second-order valence-corrected chi connectivity index (χ2v) is 5.88. The molecular weight excluding hydrogens is 254 g/mol. The molecule has 0 amide bonds. The summed E-state index contributed by atoms with van der Waals surface area (Å²) in [6, 6.07) is 0. The molecule has 1 aromatic rings. The number of hydrogen-bond acceptors (Lipinski definition) is 3. The summed E-state index contributed by atoms with van der Waals surface area (Å²) in [5.41, 5.74) is 7.72. The van der Waals surface area contributed by atoms with Gasteiger partial charge in [0.25, 0.3) is 0 Å². The van der Waals surface area contributed by atoms with Crippen molar-refractivity contribution < 1.29 is 0 Å². The second kappa shape index (κ2) is 7.29. The Labute approximate surface area is 113 Å². The minimum atomic E-state index is 0.571. The van der Waals surface area contributed by atoms with Crippen LogP contribution in [0.25, 0.3) is 0 Å². The minimum absolute atomic E-state index is 0.571. The number of rotatable bonds is 7. The minimum Gasteiger partial charge on any atom is -0.330 e. The molecule has 3 nitrogen and oxygen atoms in total. The summed E-state index contributed by atoms with van der Waals surface area (Å²) in [5, 5.41) is 5.94. The summed E-state index contributed by atoms with van der Waals surface area (Å²) in [5.74, 6) is 0.918. The molecule has 5 heteroatoms. The van der Waals surface area contributed by atoms with Crippen LogP contribution in [0, 0.1) is 0 Å². The molecule has 0 aliphatic carbocycles. The first-order valence-corrected chi connectivity index (χ1v) is 7.62. The van der Waals surface area contributed by atoms with Crippen LogP contribution in [0.4, 0.5) is 0 Å². The van der Waals surface area contributed by atoms with Gasteiger partial charge in [0.2, 0.25) is 0 Å². The lowest BCUT2D eigenvalue weighted by Gasteiger charge is -2.10. The average molecular weight is 276 g/mol. The smallest absolute Gasteiger partial charge is 0.0858 e. The molecule has 0 radical (unpaired) electrons. The predicted octanol–water partition coefficient (Wildman–Crippen LogP) is 3.09. The fourth-order valence-corrected chi connectivity index (χ4v) is 3.15. The fourth-order valence-electron chi connectivity index (χ4n) is 1.69. The van der Waals surface area contributed by atoms with Crippen molar-refractivity contribution in [2.75, 3.05) is 6.54 Å². The van der Waals surface area contributed by atoms with Crippen LogP contribution in [0.3, 0.4) is 0 Å². The first kappa shape index (κ1) is 14.9. The van der Waals surface area contributed by atoms with E-state index in [-0.39, 0.29) is 0 Å². The largest absolute Gasteiger partial charge is 0.330 e. The van der Waals surface area contributed by atoms with E-state index in [0.717, 1.165) is 48.1 Å². The Hall–Kier alpha value is -0.190. The lowest BCUT2D eigenvalue weighted by Crippen LogP contribution is -2.08. The molecule has 17 heavy (non-hydrogen) atoms. The van der Waals surface area contributed by atoms with Crippen molar-refractivity contribution in [2.45, 2.75) is 51.2 Å². The van der Waals surface area contributed by atoms with E-state index in [9.17, 15) is 0 Å². The number of hydrogen-bond donors (Lipinski definition) is 1. The highest BCUT2D eigenvalue weighted by Crippen LogP contribution is 2.27. The van der Waals surface area contributed by atoms with Crippen molar-refractivity contribution in [1.29, 1.82) is 0 Å². The van der Waals surface area contributed by atoms with Gasteiger partial charge in [-0.2, -0.15) is 16.9 Å². The number of nitrogens with zero attached hydrogens (tertiary/aromatic N) is 2. The van der Waals surface area contributed by atoms with Gasteiger partial charge in [-0.25, -0.2) is 0 Å². The number of nitrogens with two attached hydrogens (primary N) is 1. The Balaban J connectivity index is 2.72. The van der Waals surface area contributed by atoms with Gasteiger partial charge in [-0.15, -0.1) is 0 Å². The first-order chi connectivity index (χ1) is 8.13. The molecule has 0 fully saturated rings. The van der Waals surface area contributed by atoms with Crippen molar-refractivity contribution in [3.8, 4) is 0 Å². The second-order valence-electron chi connectivity index (χ2n) is 4.08. The first-order valence-electron chi connectivity index (χ1n) is 6.19. The van der Waals surface area contributed by atoms with Crippen molar-refractivity contribution in [3.05, 3.63) is 16.4 Å². The molecule has 1 unspecified atom stereocenters. The van der Waals surface area contributed by atoms with Crippen LogP contribution in [0.2, 0.25) is 5.02 Å². The van der Waals surface area contributed by atoms with Gasteiger partial charge in [0.05, 0.1) is 16.4 Å². The molecule has 0 aromatic carbocycles. The number of thioether (sulfide) groups is 1. The third-order valence-electron chi connectivity index (χ3n) is 2.77. The molecule has 1 atom stereocenters. The fraction of sp³-hybridized carbons (Fsp3) is 0.750. The van der Waals surface area contributed by atoms with Crippen molar-refractivity contribution in [1.82, 2.24) is 9.78 Å². The molecule has 0 bridgehead atoms. The Morgan fingerprint density at radius 1 is 1.47 bits per heavy atom. The Morgan fingerprint density at radius 3 is 2.71 bits per heavy atom. The van der Waals surface area contributed by atoms with Gasteiger partial charge in [-0.1, -0.05) is 25.4 Å². The molecule has 1 aromatic heterocycles. The molecule has 0 saturated carbocycles. The van der Waals surface area contributed by atoms with Gasteiger partial charge in [-0.3, -0.25) is 4.68 Å². The third kappa shape index (κ3) is 3.90. The van der Waals surface area contributed by atoms with Gasteiger partial charge in [-0.05, 0) is 26.3 Å². The van der Waals surface area contributed by atoms with E-state index in [4.69, 9.17) is 17.3 Å². The summed E-state index contributed by atoms with van der Waals surface area (Å²) in [6.45, 7) is 8.01. The zero-order chi connectivity index (χ0) is 12.8. The van der Waals surface area contributed by atoms with Crippen molar-refractivity contribution in [3.63, 3.8) is 0 Å². The van der Waals surface area contributed by atoms with E-state index in [1.807, 2.05) is 16.4 Å². The number of halogens is 1. The van der Waals surface area contributed by atoms with Crippen LogP contribution in [0.1, 0.15) is 38.6 Å². The molecule has 0 spiro atoms. The van der Waals surface area contributed by atoms with Gasteiger partial charge in [0.1, 0.15) is 0 Å². The Morgan fingerprint density at radius 2 is 2.18 bits per heavy atom. The van der Waals surface area contributed by atoms with E-state index >= 15 is 0 Å². The van der Waals surface area contributed by atoms with Crippen molar-refractivity contribution >= 4 is 23.4 Å².